The van der Waals surface area contributed by atoms with Crippen LogP contribution < -0.4 is 17.0 Å². The summed E-state index contributed by atoms with van der Waals surface area (Å²) in [5, 5.41) is 7.60. The van der Waals surface area contributed by atoms with Crippen LogP contribution in [0.5, 0.6) is 0 Å². The number of amides is 2. The quantitative estimate of drug-likeness (QED) is 0.288. The van der Waals surface area contributed by atoms with Gasteiger partial charge in [0.1, 0.15) is 17.3 Å². The van der Waals surface area contributed by atoms with Gasteiger partial charge in [-0.25, -0.2) is 15.2 Å². The van der Waals surface area contributed by atoms with E-state index >= 15 is 0 Å². The Hall–Kier alpha value is -3.53. The third-order valence-electron chi connectivity index (χ3n) is 5.13. The first-order valence-corrected chi connectivity index (χ1v) is 9.99. The van der Waals surface area contributed by atoms with Crippen LogP contribution in [0.2, 0.25) is 0 Å². The van der Waals surface area contributed by atoms with E-state index in [0.29, 0.717) is 36.3 Å². The second-order valence-electron chi connectivity index (χ2n) is 7.44. The number of hydrogen-bond donors (Lipinski definition) is 3. The highest BCUT2D eigenvalue weighted by Crippen LogP contribution is 2.23. The number of aromatic nitrogens is 1. The number of nitrogens with two attached hydrogens (primary N) is 2. The van der Waals surface area contributed by atoms with Crippen LogP contribution in [-0.4, -0.2) is 51.7 Å². The number of carbonyl (C=O) groups excluding carboxylic acids is 2. The molecular formula is C21H26FN7O2. The third-order valence-corrected chi connectivity index (χ3v) is 5.13. The SMILES string of the molecule is CCN1CCc2cc(F)c(C(=O)Nc3cccc(/C(=N/N)N(N)C(C)C)n3)cc2C1=O. The summed E-state index contributed by atoms with van der Waals surface area (Å²) in [6, 6.07) is 7.30. The molecule has 2 aromatic rings. The minimum Gasteiger partial charge on any atom is -0.339 e. The highest BCUT2D eigenvalue weighted by molar-refractivity contribution is 6.07. The zero-order chi connectivity index (χ0) is 22.7. The number of halogens is 1. The predicted octanol–water partition coefficient (Wildman–Crippen LogP) is 1.70. The lowest BCUT2D eigenvalue weighted by Crippen LogP contribution is -2.44. The third kappa shape index (κ3) is 4.48. The van der Waals surface area contributed by atoms with Crippen molar-refractivity contribution in [3.05, 3.63) is 58.5 Å². The van der Waals surface area contributed by atoms with Crippen molar-refractivity contribution in [2.24, 2.45) is 16.8 Å². The van der Waals surface area contributed by atoms with Gasteiger partial charge in [0.15, 0.2) is 5.84 Å². The molecule has 0 aliphatic carbocycles. The summed E-state index contributed by atoms with van der Waals surface area (Å²) in [4.78, 5) is 31.3. The maximum atomic E-state index is 14.6. The van der Waals surface area contributed by atoms with Gasteiger partial charge in [-0.3, -0.25) is 14.6 Å². The molecule has 1 aliphatic rings. The summed E-state index contributed by atoms with van der Waals surface area (Å²) in [7, 11) is 0. The molecule has 31 heavy (non-hydrogen) atoms. The molecule has 164 valence electrons. The summed E-state index contributed by atoms with van der Waals surface area (Å²) in [5.41, 5.74) is 1.06. The van der Waals surface area contributed by atoms with E-state index in [1.165, 1.54) is 17.1 Å². The van der Waals surface area contributed by atoms with Gasteiger partial charge in [-0.1, -0.05) is 6.07 Å². The molecule has 2 heterocycles. The standard InChI is InChI=1S/C21H26FN7O2/c1-4-28-9-8-13-10-16(22)15(11-14(13)21(28)31)20(30)26-18-7-5-6-17(25-18)19(27-23)29(24)12(2)3/h5-7,10-12H,4,8-9,23-24H2,1-3H3,(H,25,26,30)/b27-19-. The van der Waals surface area contributed by atoms with Gasteiger partial charge in [0.2, 0.25) is 0 Å². The van der Waals surface area contributed by atoms with Crippen LogP contribution in [-0.2, 0) is 6.42 Å². The van der Waals surface area contributed by atoms with Crippen molar-refractivity contribution in [1.82, 2.24) is 14.9 Å². The fourth-order valence-corrected chi connectivity index (χ4v) is 3.35. The van der Waals surface area contributed by atoms with Gasteiger partial charge in [0.25, 0.3) is 11.8 Å². The Balaban J connectivity index is 1.88. The van der Waals surface area contributed by atoms with Crippen LogP contribution in [0.15, 0.2) is 35.4 Å². The number of fused-ring (bicyclic) bond motifs is 1. The van der Waals surface area contributed by atoms with Crippen molar-refractivity contribution >= 4 is 23.5 Å². The maximum Gasteiger partial charge on any atom is 0.259 e. The molecule has 0 saturated heterocycles. The van der Waals surface area contributed by atoms with Crippen LogP contribution in [0.1, 0.15) is 52.7 Å². The van der Waals surface area contributed by atoms with E-state index in [1.54, 1.807) is 23.1 Å². The lowest BCUT2D eigenvalue weighted by atomic mass is 9.96. The number of hydrazine groups is 1. The summed E-state index contributed by atoms with van der Waals surface area (Å²) in [5.74, 6) is 10.2. The molecule has 0 radical (unpaired) electrons. The number of nitrogens with zero attached hydrogens (tertiary/aromatic N) is 4. The van der Waals surface area contributed by atoms with Crippen LogP contribution in [0.25, 0.3) is 0 Å². The molecule has 2 amide bonds. The van der Waals surface area contributed by atoms with E-state index in [1.807, 2.05) is 20.8 Å². The van der Waals surface area contributed by atoms with E-state index in [9.17, 15) is 14.0 Å². The molecule has 0 fully saturated rings. The average Bonchev–Trinajstić information content (AvgIpc) is 2.74. The molecule has 0 spiro atoms. The van der Waals surface area contributed by atoms with Crippen LogP contribution in [0.3, 0.4) is 0 Å². The minimum absolute atomic E-state index is 0.0906. The number of pyridine rings is 1. The van der Waals surface area contributed by atoms with Crippen LogP contribution in [0.4, 0.5) is 10.2 Å². The Morgan fingerprint density at radius 2 is 2.13 bits per heavy atom. The summed E-state index contributed by atoms with van der Waals surface area (Å²) in [6.07, 6.45) is 0.546. The monoisotopic (exact) mass is 427 g/mol. The Kier molecular flexibility index (Phi) is 6.50. The number of hydrogen-bond acceptors (Lipinski definition) is 6. The van der Waals surface area contributed by atoms with E-state index in [2.05, 4.69) is 15.4 Å². The van der Waals surface area contributed by atoms with Crippen molar-refractivity contribution < 1.29 is 14.0 Å². The van der Waals surface area contributed by atoms with Gasteiger partial charge in [-0.2, -0.15) is 5.10 Å². The molecule has 9 nitrogen and oxygen atoms in total. The van der Waals surface area contributed by atoms with Gasteiger partial charge in [0.05, 0.1) is 5.56 Å². The lowest BCUT2D eigenvalue weighted by molar-refractivity contribution is 0.0749. The van der Waals surface area contributed by atoms with Crippen molar-refractivity contribution in [3.63, 3.8) is 0 Å². The second kappa shape index (κ2) is 9.09. The Labute approximate surface area is 179 Å². The number of anilines is 1. The number of likely N-dealkylation sites (N-methyl/N-ethyl adjacent to an activating group) is 1. The first-order valence-electron chi connectivity index (χ1n) is 9.99. The normalized spacial score (nSPS) is 13.9. The number of hydrazone groups is 1. The van der Waals surface area contributed by atoms with Crippen LogP contribution in [0, 0.1) is 5.82 Å². The minimum atomic E-state index is -0.717. The molecule has 0 atom stereocenters. The van der Waals surface area contributed by atoms with E-state index in [0.717, 1.165) is 0 Å². The molecule has 5 N–H and O–H groups in total. The smallest absolute Gasteiger partial charge is 0.259 e. The lowest BCUT2D eigenvalue weighted by Gasteiger charge is -2.27. The number of amidine groups is 1. The summed E-state index contributed by atoms with van der Waals surface area (Å²) in [6.45, 7) is 6.67. The molecule has 0 unspecified atom stereocenters. The Bertz CT molecular complexity index is 1040. The molecular weight excluding hydrogens is 401 g/mol. The second-order valence-corrected chi connectivity index (χ2v) is 7.44. The van der Waals surface area contributed by atoms with Gasteiger partial charge in [0, 0.05) is 24.7 Å². The van der Waals surface area contributed by atoms with Gasteiger partial charge in [-0.15, -0.1) is 0 Å². The van der Waals surface area contributed by atoms with Crippen molar-refractivity contribution in [2.75, 3.05) is 18.4 Å². The number of carbonyl (C=O) groups is 2. The highest BCUT2D eigenvalue weighted by atomic mass is 19.1. The van der Waals surface area contributed by atoms with Crippen molar-refractivity contribution in [1.29, 1.82) is 0 Å². The zero-order valence-electron chi connectivity index (χ0n) is 17.7. The van der Waals surface area contributed by atoms with Crippen LogP contribution >= 0.6 is 0 Å². The Morgan fingerprint density at radius 3 is 2.77 bits per heavy atom. The number of nitrogens with one attached hydrogen (secondary N) is 1. The first kappa shape index (κ1) is 22.2. The van der Waals surface area contributed by atoms with E-state index in [4.69, 9.17) is 11.7 Å². The average molecular weight is 427 g/mol. The fraction of sp³-hybridized carbons (Fsp3) is 0.333. The summed E-state index contributed by atoms with van der Waals surface area (Å²) < 4.78 is 14.6. The largest absolute Gasteiger partial charge is 0.339 e. The topological polar surface area (TPSA) is 130 Å². The summed E-state index contributed by atoms with van der Waals surface area (Å²) >= 11 is 0. The van der Waals surface area contributed by atoms with Crippen molar-refractivity contribution in [3.8, 4) is 0 Å². The Morgan fingerprint density at radius 1 is 1.39 bits per heavy atom. The molecule has 0 saturated carbocycles. The molecule has 1 aromatic heterocycles. The van der Waals surface area contributed by atoms with Gasteiger partial charge < -0.3 is 16.1 Å². The molecule has 1 aliphatic heterocycles. The first-order chi connectivity index (χ1) is 14.8. The number of benzene rings is 1. The molecule has 10 heteroatoms. The van der Waals surface area contributed by atoms with Crippen molar-refractivity contribution in [2.45, 2.75) is 33.2 Å². The number of rotatable bonds is 5. The molecule has 3 rings (SSSR count). The zero-order valence-corrected chi connectivity index (χ0v) is 17.7. The van der Waals surface area contributed by atoms with E-state index in [-0.39, 0.29) is 29.2 Å². The molecule has 1 aromatic carbocycles. The maximum absolute atomic E-state index is 14.6. The van der Waals surface area contributed by atoms with Gasteiger partial charge in [-0.05, 0) is 57.0 Å². The molecule has 0 bridgehead atoms. The van der Waals surface area contributed by atoms with E-state index < -0.39 is 11.7 Å². The van der Waals surface area contributed by atoms with Gasteiger partial charge >= 0.3 is 0 Å². The predicted molar refractivity (Wildman–Crippen MR) is 116 cm³/mol. The highest BCUT2D eigenvalue weighted by Gasteiger charge is 2.26. The fourth-order valence-electron chi connectivity index (χ4n) is 3.35.